The molecule has 0 aliphatic carbocycles. The van der Waals surface area contributed by atoms with Gasteiger partial charge in [0, 0.05) is 6.07 Å². The van der Waals surface area contributed by atoms with Crippen LogP contribution in [0.4, 0.5) is 11.4 Å². The van der Waals surface area contributed by atoms with Crippen LogP contribution in [0.25, 0.3) is 0 Å². The van der Waals surface area contributed by atoms with Crippen LogP contribution in [0.3, 0.4) is 0 Å². The van der Waals surface area contributed by atoms with Gasteiger partial charge in [0.2, 0.25) is 0 Å². The topological polar surface area (TPSA) is 89.3 Å². The van der Waals surface area contributed by atoms with E-state index in [4.69, 9.17) is 0 Å². The second-order valence-electron chi connectivity index (χ2n) is 5.65. The zero-order valence-electron chi connectivity index (χ0n) is 13.7. The van der Waals surface area contributed by atoms with Gasteiger partial charge in [-0.15, -0.1) is 0 Å². The van der Waals surface area contributed by atoms with Crippen LogP contribution in [0.2, 0.25) is 0 Å². The van der Waals surface area contributed by atoms with Crippen molar-refractivity contribution >= 4 is 21.4 Å². The van der Waals surface area contributed by atoms with Gasteiger partial charge in [-0.3, -0.25) is 14.8 Å². The van der Waals surface area contributed by atoms with Crippen LogP contribution in [0.15, 0.2) is 83.8 Å². The van der Waals surface area contributed by atoms with Gasteiger partial charge >= 0.3 is 0 Å². The number of nitro benzene ring substituents is 1. The maximum absolute atomic E-state index is 12.7. The Balaban J connectivity index is 1.95. The normalized spacial score (nSPS) is 11.1. The number of sulfonamides is 1. The van der Waals surface area contributed by atoms with Gasteiger partial charge < -0.3 is 0 Å². The van der Waals surface area contributed by atoms with Crippen molar-refractivity contribution in [3.8, 4) is 0 Å². The first-order valence-corrected chi connectivity index (χ1v) is 9.34. The third kappa shape index (κ3) is 3.89. The first-order valence-electron chi connectivity index (χ1n) is 7.85. The number of anilines is 1. The molecule has 0 radical (unpaired) electrons. The summed E-state index contributed by atoms with van der Waals surface area (Å²) in [5, 5.41) is 11.1. The predicted molar refractivity (Wildman–Crippen MR) is 99.6 cm³/mol. The van der Waals surface area contributed by atoms with Crippen LogP contribution >= 0.6 is 0 Å². The lowest BCUT2D eigenvalue weighted by atomic mass is 10.0. The highest BCUT2D eigenvalue weighted by Crippen LogP contribution is 2.27. The monoisotopic (exact) mass is 368 g/mol. The Morgan fingerprint density at radius 2 is 1.46 bits per heavy atom. The standard InChI is InChI=1S/C19H16N2O4S/c22-21(23)18-12-6-7-13-19(18)26(24,25)20-17-11-5-4-10-16(17)14-15-8-2-1-3-9-15/h1-13,20H,14H2. The molecule has 0 fully saturated rings. The molecule has 0 saturated carbocycles. The molecule has 0 bridgehead atoms. The van der Waals surface area contributed by atoms with Gasteiger partial charge in [0.25, 0.3) is 15.7 Å². The lowest BCUT2D eigenvalue weighted by Crippen LogP contribution is -2.15. The number of hydrogen-bond acceptors (Lipinski definition) is 4. The second kappa shape index (κ2) is 7.37. The fourth-order valence-corrected chi connectivity index (χ4v) is 3.90. The molecule has 0 spiro atoms. The first-order chi connectivity index (χ1) is 12.5. The summed E-state index contributed by atoms with van der Waals surface area (Å²) in [6.45, 7) is 0. The minimum Gasteiger partial charge on any atom is -0.279 e. The minimum absolute atomic E-state index is 0.362. The molecule has 1 N–H and O–H groups in total. The highest BCUT2D eigenvalue weighted by molar-refractivity contribution is 7.92. The molecule has 0 aliphatic rings. The van der Waals surface area contributed by atoms with Crippen LogP contribution < -0.4 is 4.72 Å². The molecular weight excluding hydrogens is 352 g/mol. The molecule has 0 saturated heterocycles. The van der Waals surface area contributed by atoms with Crippen LogP contribution in [0.5, 0.6) is 0 Å². The Morgan fingerprint density at radius 1 is 0.846 bits per heavy atom. The first kappa shape index (κ1) is 17.6. The summed E-state index contributed by atoms with van der Waals surface area (Å²) in [5.41, 5.74) is 1.75. The minimum atomic E-state index is -4.10. The van der Waals surface area contributed by atoms with Gasteiger partial charge in [0.05, 0.1) is 10.6 Å². The van der Waals surface area contributed by atoms with E-state index in [1.54, 1.807) is 12.1 Å². The number of benzene rings is 3. The van der Waals surface area contributed by atoms with E-state index in [2.05, 4.69) is 4.72 Å². The van der Waals surface area contributed by atoms with E-state index in [-0.39, 0.29) is 4.90 Å². The SMILES string of the molecule is O=[N+]([O-])c1ccccc1S(=O)(=O)Nc1ccccc1Cc1ccccc1. The molecule has 3 aromatic rings. The van der Waals surface area contributed by atoms with Crippen molar-refractivity contribution in [2.45, 2.75) is 11.3 Å². The number of nitro groups is 1. The predicted octanol–water partition coefficient (Wildman–Crippen LogP) is 3.99. The van der Waals surface area contributed by atoms with E-state index < -0.39 is 20.6 Å². The average Bonchev–Trinajstić information content (AvgIpc) is 2.64. The molecular formula is C19H16N2O4S. The van der Waals surface area contributed by atoms with Crippen molar-refractivity contribution in [1.82, 2.24) is 0 Å². The van der Waals surface area contributed by atoms with E-state index in [1.807, 2.05) is 42.5 Å². The van der Waals surface area contributed by atoms with Gasteiger partial charge in [-0.05, 0) is 29.7 Å². The van der Waals surface area contributed by atoms with E-state index in [0.29, 0.717) is 12.1 Å². The Labute approximate surface area is 151 Å². The summed E-state index contributed by atoms with van der Waals surface area (Å²) in [5.74, 6) is 0. The van der Waals surface area contributed by atoms with E-state index in [9.17, 15) is 18.5 Å². The largest absolute Gasteiger partial charge is 0.289 e. The third-order valence-corrected chi connectivity index (χ3v) is 5.26. The fraction of sp³-hybridized carbons (Fsp3) is 0.0526. The number of hydrogen-bond donors (Lipinski definition) is 1. The smallest absolute Gasteiger partial charge is 0.279 e. The second-order valence-corrected chi connectivity index (χ2v) is 7.30. The summed E-state index contributed by atoms with van der Waals surface area (Å²) in [4.78, 5) is 10.1. The van der Waals surface area contributed by atoms with E-state index in [0.717, 1.165) is 11.1 Å². The molecule has 26 heavy (non-hydrogen) atoms. The maximum atomic E-state index is 12.7. The highest BCUT2D eigenvalue weighted by atomic mass is 32.2. The molecule has 3 aromatic carbocycles. The van der Waals surface area contributed by atoms with Crippen molar-refractivity contribution in [2.24, 2.45) is 0 Å². The zero-order chi connectivity index (χ0) is 18.6. The van der Waals surface area contributed by atoms with Crippen molar-refractivity contribution < 1.29 is 13.3 Å². The third-order valence-electron chi connectivity index (χ3n) is 3.85. The van der Waals surface area contributed by atoms with Crippen molar-refractivity contribution in [3.63, 3.8) is 0 Å². The molecule has 0 unspecified atom stereocenters. The summed E-state index contributed by atoms with van der Waals surface area (Å²) in [7, 11) is -4.10. The van der Waals surface area contributed by atoms with E-state index in [1.165, 1.54) is 24.3 Å². The number of rotatable bonds is 6. The van der Waals surface area contributed by atoms with Gasteiger partial charge in [-0.2, -0.15) is 0 Å². The van der Waals surface area contributed by atoms with Crippen LogP contribution in [0, 0.1) is 10.1 Å². The molecule has 132 valence electrons. The van der Waals surface area contributed by atoms with Gasteiger partial charge in [0.1, 0.15) is 0 Å². The van der Waals surface area contributed by atoms with Crippen molar-refractivity contribution in [2.75, 3.05) is 4.72 Å². The van der Waals surface area contributed by atoms with Crippen molar-refractivity contribution in [1.29, 1.82) is 0 Å². The van der Waals surface area contributed by atoms with Gasteiger partial charge in [-0.1, -0.05) is 60.7 Å². The Hall–Kier alpha value is -3.19. The van der Waals surface area contributed by atoms with Crippen molar-refractivity contribution in [3.05, 3.63) is 100 Å². The Morgan fingerprint density at radius 3 is 2.19 bits per heavy atom. The highest BCUT2D eigenvalue weighted by Gasteiger charge is 2.25. The van der Waals surface area contributed by atoms with Crippen LogP contribution in [-0.2, 0) is 16.4 Å². The van der Waals surface area contributed by atoms with Gasteiger partial charge in [-0.25, -0.2) is 8.42 Å². The number of nitrogens with one attached hydrogen (secondary N) is 1. The molecule has 0 heterocycles. The molecule has 0 aromatic heterocycles. The quantitative estimate of drug-likeness (QED) is 0.526. The lowest BCUT2D eigenvalue weighted by molar-refractivity contribution is -0.387. The lowest BCUT2D eigenvalue weighted by Gasteiger charge is -2.13. The summed E-state index contributed by atoms with van der Waals surface area (Å²) in [6, 6.07) is 21.9. The summed E-state index contributed by atoms with van der Waals surface area (Å²) in [6.07, 6.45) is 0.538. The summed E-state index contributed by atoms with van der Waals surface area (Å²) >= 11 is 0. The molecule has 7 heteroatoms. The van der Waals surface area contributed by atoms with Crippen LogP contribution in [-0.4, -0.2) is 13.3 Å². The average molecular weight is 368 g/mol. The number of nitrogens with zero attached hydrogens (tertiary/aromatic N) is 1. The fourth-order valence-electron chi connectivity index (χ4n) is 2.62. The molecule has 0 amide bonds. The number of para-hydroxylation sites is 2. The van der Waals surface area contributed by atoms with Crippen LogP contribution in [0.1, 0.15) is 11.1 Å². The Kier molecular flexibility index (Phi) is 4.99. The summed E-state index contributed by atoms with van der Waals surface area (Å²) < 4.78 is 27.9. The molecule has 6 nitrogen and oxygen atoms in total. The molecule has 3 rings (SSSR count). The Bertz CT molecular complexity index is 1030. The maximum Gasteiger partial charge on any atom is 0.289 e. The van der Waals surface area contributed by atoms with E-state index >= 15 is 0 Å². The molecule has 0 atom stereocenters. The van der Waals surface area contributed by atoms with Gasteiger partial charge in [0.15, 0.2) is 4.90 Å². The zero-order valence-corrected chi connectivity index (χ0v) is 14.5. The molecule has 0 aliphatic heterocycles.